The summed E-state index contributed by atoms with van der Waals surface area (Å²) in [6, 6.07) is 8.77. The molecule has 0 aliphatic heterocycles. The smallest absolute Gasteiger partial charge is 0.395 e. The molecule has 140 valence electrons. The van der Waals surface area contributed by atoms with Gasteiger partial charge in [-0.05, 0) is 32.3 Å². The van der Waals surface area contributed by atoms with Crippen LogP contribution in [0.3, 0.4) is 0 Å². The molecule has 0 spiro atoms. The molecule has 2 amide bonds. The van der Waals surface area contributed by atoms with Gasteiger partial charge in [-0.2, -0.15) is 0 Å². The lowest BCUT2D eigenvalue weighted by molar-refractivity contribution is -0.402. The number of likely N-dealkylation sites (N-methyl/N-ethyl adjacent to an activating group) is 1. The fraction of sp³-hybridized carbons (Fsp3) is 0.250. The summed E-state index contributed by atoms with van der Waals surface area (Å²) in [5.41, 5.74) is 0.574. The number of para-hydroxylation sites is 1. The predicted octanol–water partition coefficient (Wildman–Crippen LogP) is 2.15. The first kappa shape index (κ1) is 21.1. The highest BCUT2D eigenvalue weighted by atomic mass is 35.5. The van der Waals surface area contributed by atoms with Gasteiger partial charge in [0.1, 0.15) is 4.92 Å². The first-order valence-electron chi connectivity index (χ1n) is 7.46. The van der Waals surface area contributed by atoms with Crippen molar-refractivity contribution in [3.8, 4) is 0 Å². The van der Waals surface area contributed by atoms with Crippen molar-refractivity contribution >= 4 is 35.8 Å². The van der Waals surface area contributed by atoms with Gasteiger partial charge in [0, 0.05) is 13.1 Å². The minimum absolute atomic E-state index is 0. The molecule has 0 atom stereocenters. The molecule has 2 aromatic rings. The zero-order valence-corrected chi connectivity index (χ0v) is 15.0. The van der Waals surface area contributed by atoms with Crippen molar-refractivity contribution in [3.63, 3.8) is 0 Å². The van der Waals surface area contributed by atoms with Crippen LogP contribution in [0.2, 0.25) is 0 Å². The van der Waals surface area contributed by atoms with E-state index in [1.165, 1.54) is 6.07 Å². The van der Waals surface area contributed by atoms with Crippen molar-refractivity contribution in [1.29, 1.82) is 0 Å². The average Bonchev–Trinajstić information content (AvgIpc) is 3.05. The van der Waals surface area contributed by atoms with E-state index in [4.69, 9.17) is 4.42 Å². The Morgan fingerprint density at radius 3 is 2.46 bits per heavy atom. The fourth-order valence-electron chi connectivity index (χ4n) is 2.01. The predicted molar refractivity (Wildman–Crippen MR) is 97.9 cm³/mol. The van der Waals surface area contributed by atoms with Crippen molar-refractivity contribution < 1.29 is 18.9 Å². The number of anilines is 1. The number of nitrogens with zero attached hydrogens (tertiary/aromatic N) is 2. The number of carbonyl (C=O) groups is 2. The van der Waals surface area contributed by atoms with Crippen molar-refractivity contribution in [3.05, 3.63) is 57.8 Å². The molecule has 0 aliphatic carbocycles. The molecule has 1 aromatic heterocycles. The van der Waals surface area contributed by atoms with E-state index in [2.05, 4.69) is 10.6 Å². The molecule has 10 heteroatoms. The molecule has 1 aromatic carbocycles. The molecular formula is C16H19ClN4O5. The van der Waals surface area contributed by atoms with Crippen LogP contribution in [0.5, 0.6) is 0 Å². The van der Waals surface area contributed by atoms with E-state index in [1.807, 2.05) is 19.0 Å². The standard InChI is InChI=1S/C16H18N4O5.ClH/c1-19(2)10-9-17-15(21)11-5-3-4-6-12(11)18-16(22)13-7-8-14(25-13)20(23)24;/h3-8H,9-10H2,1-2H3,(H,17,21)(H,18,22);1H. The quantitative estimate of drug-likeness (QED) is 0.559. The zero-order chi connectivity index (χ0) is 18.4. The first-order chi connectivity index (χ1) is 11.9. The van der Waals surface area contributed by atoms with Crippen LogP contribution in [0.1, 0.15) is 20.9 Å². The summed E-state index contributed by atoms with van der Waals surface area (Å²) >= 11 is 0. The lowest BCUT2D eigenvalue weighted by Crippen LogP contribution is -2.32. The number of halogens is 1. The van der Waals surface area contributed by atoms with Crippen LogP contribution in [-0.4, -0.2) is 48.8 Å². The molecule has 2 N–H and O–H groups in total. The summed E-state index contributed by atoms with van der Waals surface area (Å²) < 4.78 is 4.85. The number of hydrogen-bond acceptors (Lipinski definition) is 6. The highest BCUT2D eigenvalue weighted by Crippen LogP contribution is 2.19. The van der Waals surface area contributed by atoms with Crippen LogP contribution < -0.4 is 10.6 Å². The number of hydrogen-bond donors (Lipinski definition) is 2. The number of furan rings is 1. The van der Waals surface area contributed by atoms with Crippen LogP contribution >= 0.6 is 12.4 Å². The van der Waals surface area contributed by atoms with Gasteiger partial charge >= 0.3 is 5.88 Å². The second kappa shape index (κ2) is 9.54. The van der Waals surface area contributed by atoms with Gasteiger partial charge in [0.15, 0.2) is 5.76 Å². The molecule has 0 unspecified atom stereocenters. The molecule has 0 saturated carbocycles. The van der Waals surface area contributed by atoms with E-state index in [9.17, 15) is 19.7 Å². The van der Waals surface area contributed by atoms with Gasteiger partial charge in [0.05, 0.1) is 17.3 Å². The molecule has 0 bridgehead atoms. The number of benzene rings is 1. The summed E-state index contributed by atoms with van der Waals surface area (Å²) in [5, 5.41) is 15.9. The van der Waals surface area contributed by atoms with Crippen molar-refractivity contribution in [2.24, 2.45) is 0 Å². The first-order valence-corrected chi connectivity index (χ1v) is 7.46. The summed E-state index contributed by atoms with van der Waals surface area (Å²) in [6.45, 7) is 1.13. The fourth-order valence-corrected chi connectivity index (χ4v) is 2.01. The Balaban J connectivity index is 0.00000338. The minimum atomic E-state index is -0.733. The summed E-state index contributed by atoms with van der Waals surface area (Å²) in [6.07, 6.45) is 0. The number of nitro groups is 1. The second-order valence-corrected chi connectivity index (χ2v) is 5.45. The van der Waals surface area contributed by atoms with E-state index >= 15 is 0 Å². The van der Waals surface area contributed by atoms with Gasteiger partial charge in [0.25, 0.3) is 11.8 Å². The van der Waals surface area contributed by atoms with Crippen LogP contribution in [0.15, 0.2) is 40.8 Å². The largest absolute Gasteiger partial charge is 0.433 e. The Labute approximate surface area is 155 Å². The van der Waals surface area contributed by atoms with E-state index in [0.29, 0.717) is 13.1 Å². The molecule has 0 fully saturated rings. The van der Waals surface area contributed by atoms with Crippen LogP contribution in [0.25, 0.3) is 0 Å². The zero-order valence-electron chi connectivity index (χ0n) is 14.2. The number of amides is 2. The van der Waals surface area contributed by atoms with Crippen molar-refractivity contribution in [1.82, 2.24) is 10.2 Å². The van der Waals surface area contributed by atoms with Gasteiger partial charge < -0.3 is 20.0 Å². The van der Waals surface area contributed by atoms with Gasteiger partial charge in [-0.1, -0.05) is 12.1 Å². The third-order valence-corrected chi connectivity index (χ3v) is 3.26. The molecular weight excluding hydrogens is 364 g/mol. The maximum atomic E-state index is 12.3. The number of rotatable bonds is 7. The summed E-state index contributed by atoms with van der Waals surface area (Å²) in [4.78, 5) is 36.2. The molecule has 2 rings (SSSR count). The van der Waals surface area contributed by atoms with E-state index in [1.54, 1.807) is 24.3 Å². The van der Waals surface area contributed by atoms with Gasteiger partial charge in [0.2, 0.25) is 0 Å². The molecule has 9 nitrogen and oxygen atoms in total. The highest BCUT2D eigenvalue weighted by molar-refractivity contribution is 6.07. The highest BCUT2D eigenvalue weighted by Gasteiger charge is 2.19. The van der Waals surface area contributed by atoms with Crippen molar-refractivity contribution in [2.75, 3.05) is 32.5 Å². The van der Waals surface area contributed by atoms with E-state index < -0.39 is 16.7 Å². The monoisotopic (exact) mass is 382 g/mol. The number of nitrogens with one attached hydrogen (secondary N) is 2. The average molecular weight is 383 g/mol. The maximum Gasteiger partial charge on any atom is 0.433 e. The molecule has 0 saturated heterocycles. The van der Waals surface area contributed by atoms with E-state index in [0.717, 1.165) is 6.07 Å². The number of carbonyl (C=O) groups excluding carboxylic acids is 2. The van der Waals surface area contributed by atoms with E-state index in [-0.39, 0.29) is 35.3 Å². The summed E-state index contributed by atoms with van der Waals surface area (Å²) in [7, 11) is 3.78. The topological polar surface area (TPSA) is 118 Å². The van der Waals surface area contributed by atoms with Gasteiger partial charge in [-0.25, -0.2) is 0 Å². The Kier molecular flexibility index (Phi) is 7.76. The van der Waals surface area contributed by atoms with Crippen LogP contribution in [0, 0.1) is 10.1 Å². The second-order valence-electron chi connectivity index (χ2n) is 5.45. The van der Waals surface area contributed by atoms with Gasteiger partial charge in [-0.15, -0.1) is 12.4 Å². The molecule has 26 heavy (non-hydrogen) atoms. The molecule has 0 aliphatic rings. The third kappa shape index (κ3) is 5.57. The lowest BCUT2D eigenvalue weighted by Gasteiger charge is -2.12. The Bertz CT molecular complexity index is 790. The third-order valence-electron chi connectivity index (χ3n) is 3.26. The SMILES string of the molecule is CN(C)CCNC(=O)c1ccccc1NC(=O)c1ccc([N+](=O)[O-])o1.Cl. The van der Waals surface area contributed by atoms with Crippen LogP contribution in [-0.2, 0) is 0 Å². The van der Waals surface area contributed by atoms with Gasteiger partial charge in [-0.3, -0.25) is 19.7 Å². The van der Waals surface area contributed by atoms with Crippen molar-refractivity contribution in [2.45, 2.75) is 0 Å². The summed E-state index contributed by atoms with van der Waals surface area (Å²) in [5.74, 6) is -1.75. The Hall–Kier alpha value is -2.91. The minimum Gasteiger partial charge on any atom is -0.395 e. The molecule has 0 radical (unpaired) electrons. The molecule has 1 heterocycles. The Morgan fingerprint density at radius 1 is 1.15 bits per heavy atom. The lowest BCUT2D eigenvalue weighted by atomic mass is 10.1. The normalized spacial score (nSPS) is 10.1. The Morgan fingerprint density at radius 2 is 1.85 bits per heavy atom. The van der Waals surface area contributed by atoms with Crippen LogP contribution in [0.4, 0.5) is 11.6 Å². The maximum absolute atomic E-state index is 12.3.